The Balaban J connectivity index is 1.64. The van der Waals surface area contributed by atoms with Crippen molar-refractivity contribution in [2.24, 2.45) is 7.05 Å². The highest BCUT2D eigenvalue weighted by Gasteiger charge is 2.15. The van der Waals surface area contributed by atoms with Crippen molar-refractivity contribution in [2.75, 3.05) is 23.0 Å². The van der Waals surface area contributed by atoms with E-state index in [2.05, 4.69) is 31.1 Å². The van der Waals surface area contributed by atoms with Gasteiger partial charge in [-0.1, -0.05) is 25.1 Å². The van der Waals surface area contributed by atoms with Crippen LogP contribution in [-0.4, -0.2) is 32.8 Å². The van der Waals surface area contributed by atoms with Crippen molar-refractivity contribution in [3.05, 3.63) is 58.4 Å². The third-order valence-corrected chi connectivity index (χ3v) is 5.05. The Hall–Kier alpha value is -4.28. The van der Waals surface area contributed by atoms with Gasteiger partial charge in [0.15, 0.2) is 0 Å². The van der Waals surface area contributed by atoms with E-state index in [4.69, 9.17) is 4.52 Å². The number of fused-ring (bicyclic) bond motifs is 1. The summed E-state index contributed by atoms with van der Waals surface area (Å²) in [5.41, 5.74) is 1.44. The largest absolute Gasteiger partial charge is 0.357 e. The van der Waals surface area contributed by atoms with Gasteiger partial charge in [0.1, 0.15) is 11.5 Å². The number of halogens is 1. The number of hydrogen-bond acceptors (Lipinski definition) is 7. The van der Waals surface area contributed by atoms with Crippen LogP contribution in [0, 0.1) is 5.82 Å². The normalized spacial score (nSPS) is 11.1. The maximum atomic E-state index is 14.4. The average Bonchev–Trinajstić information content (AvgIpc) is 3.26. The molecule has 0 aliphatic heterocycles. The first-order valence-electron chi connectivity index (χ1n) is 10.2. The Morgan fingerprint density at radius 2 is 1.97 bits per heavy atom. The zero-order valence-electron chi connectivity index (χ0n) is 18.4. The third kappa shape index (κ3) is 4.38. The molecule has 0 aliphatic rings. The lowest BCUT2D eigenvalue weighted by Gasteiger charge is -2.11. The van der Waals surface area contributed by atoms with Crippen LogP contribution in [-0.2, 0) is 7.05 Å². The lowest BCUT2D eigenvalue weighted by molar-refractivity contribution is 0.261. The molecule has 0 unspecified atom stereocenters. The second-order valence-corrected chi connectivity index (χ2v) is 7.69. The average molecular weight is 451 g/mol. The van der Waals surface area contributed by atoms with Crippen molar-refractivity contribution in [2.45, 2.75) is 19.8 Å². The molecule has 170 valence electrons. The molecule has 0 fully saturated rings. The Morgan fingerprint density at radius 1 is 1.18 bits per heavy atom. The molecular weight excluding hydrogens is 429 g/mol. The Bertz CT molecular complexity index is 1410. The Kier molecular flexibility index (Phi) is 5.78. The third-order valence-electron chi connectivity index (χ3n) is 5.05. The fraction of sp³-hybridized carbons (Fsp3) is 0.227. The molecule has 2 amide bonds. The molecule has 4 rings (SSSR count). The summed E-state index contributed by atoms with van der Waals surface area (Å²) in [5.74, 6) is -0.0101. The van der Waals surface area contributed by atoms with Gasteiger partial charge in [0.05, 0.1) is 11.4 Å². The summed E-state index contributed by atoms with van der Waals surface area (Å²) in [5, 5.41) is 12.2. The molecular formula is C22H22FN7O3. The minimum absolute atomic E-state index is 0.0995. The molecule has 11 heteroatoms. The number of nitrogens with zero attached hydrogens (tertiary/aromatic N) is 4. The summed E-state index contributed by atoms with van der Waals surface area (Å²) in [6.45, 7) is 3.87. The van der Waals surface area contributed by atoms with Gasteiger partial charge in [0.25, 0.3) is 5.56 Å². The first-order valence-corrected chi connectivity index (χ1v) is 10.2. The standard InChI is InChI=1S/C22H22FN7O3/c1-11(2)16-9-18(33-29-16)27-22(32)26-17-8-12(5-6-15(17)23)14-7-13-10-25-21(24-3)28-19(13)30(4)20(14)31/h5-11H,1-4H3,(H,24,25,28)(H2,26,27,32). The summed E-state index contributed by atoms with van der Waals surface area (Å²) in [6, 6.07) is 6.56. The topological polar surface area (TPSA) is 127 Å². The number of rotatable bonds is 5. The number of carbonyl (C=O) groups is 1. The molecule has 33 heavy (non-hydrogen) atoms. The molecule has 10 nitrogen and oxygen atoms in total. The van der Waals surface area contributed by atoms with Crippen LogP contribution in [0.1, 0.15) is 25.5 Å². The molecule has 0 aliphatic carbocycles. The SMILES string of the molecule is CNc1ncc2cc(-c3ccc(F)c(NC(=O)Nc4cc(C(C)C)no4)c3)c(=O)n(C)c2n1. The molecule has 0 atom stereocenters. The fourth-order valence-electron chi connectivity index (χ4n) is 3.25. The molecule has 0 spiro atoms. The number of benzene rings is 1. The quantitative estimate of drug-likeness (QED) is 0.419. The number of amides is 2. The molecule has 0 saturated heterocycles. The van der Waals surface area contributed by atoms with Crippen molar-refractivity contribution in [3.63, 3.8) is 0 Å². The monoisotopic (exact) mass is 451 g/mol. The number of hydrogen-bond donors (Lipinski definition) is 3. The van der Waals surface area contributed by atoms with Crippen LogP contribution >= 0.6 is 0 Å². The van der Waals surface area contributed by atoms with E-state index in [1.807, 2.05) is 13.8 Å². The Morgan fingerprint density at radius 3 is 2.67 bits per heavy atom. The van der Waals surface area contributed by atoms with E-state index in [0.29, 0.717) is 33.8 Å². The molecule has 0 saturated carbocycles. The molecule has 3 aromatic heterocycles. The maximum Gasteiger partial charge on any atom is 0.326 e. The first-order chi connectivity index (χ1) is 15.8. The van der Waals surface area contributed by atoms with Crippen LogP contribution in [0.5, 0.6) is 0 Å². The van der Waals surface area contributed by atoms with Gasteiger partial charge in [-0.2, -0.15) is 4.98 Å². The van der Waals surface area contributed by atoms with Gasteiger partial charge in [-0.3, -0.25) is 14.7 Å². The van der Waals surface area contributed by atoms with Gasteiger partial charge in [0.2, 0.25) is 11.8 Å². The smallest absolute Gasteiger partial charge is 0.326 e. The van der Waals surface area contributed by atoms with Crippen LogP contribution in [0.15, 0.2) is 45.8 Å². The van der Waals surface area contributed by atoms with E-state index in [1.165, 1.54) is 22.8 Å². The highest BCUT2D eigenvalue weighted by molar-refractivity contribution is 5.99. The summed E-state index contributed by atoms with van der Waals surface area (Å²) in [7, 11) is 3.28. The van der Waals surface area contributed by atoms with Gasteiger partial charge in [0, 0.05) is 37.3 Å². The van der Waals surface area contributed by atoms with Gasteiger partial charge < -0.3 is 15.2 Å². The van der Waals surface area contributed by atoms with Crippen LogP contribution in [0.2, 0.25) is 0 Å². The van der Waals surface area contributed by atoms with E-state index in [-0.39, 0.29) is 23.0 Å². The summed E-state index contributed by atoms with van der Waals surface area (Å²) < 4.78 is 20.9. The van der Waals surface area contributed by atoms with E-state index in [0.717, 1.165) is 0 Å². The second kappa shape index (κ2) is 8.69. The number of urea groups is 1. The number of aryl methyl sites for hydroxylation is 1. The number of carbonyl (C=O) groups excluding carboxylic acids is 1. The maximum absolute atomic E-state index is 14.4. The van der Waals surface area contributed by atoms with Crippen molar-refractivity contribution >= 4 is 34.6 Å². The van der Waals surface area contributed by atoms with Gasteiger partial charge in [-0.05, 0) is 29.7 Å². The summed E-state index contributed by atoms with van der Waals surface area (Å²) in [6.07, 6.45) is 1.59. The highest BCUT2D eigenvalue weighted by Crippen LogP contribution is 2.25. The van der Waals surface area contributed by atoms with Crippen LogP contribution in [0.25, 0.3) is 22.2 Å². The number of aromatic nitrogens is 4. The molecule has 3 N–H and O–H groups in total. The van der Waals surface area contributed by atoms with E-state index >= 15 is 0 Å². The minimum Gasteiger partial charge on any atom is -0.357 e. The van der Waals surface area contributed by atoms with Crippen LogP contribution < -0.4 is 21.5 Å². The summed E-state index contributed by atoms with van der Waals surface area (Å²) >= 11 is 0. The van der Waals surface area contributed by atoms with E-state index in [1.54, 1.807) is 32.4 Å². The van der Waals surface area contributed by atoms with Crippen molar-refractivity contribution in [3.8, 4) is 11.1 Å². The fourth-order valence-corrected chi connectivity index (χ4v) is 3.25. The van der Waals surface area contributed by atoms with Crippen molar-refractivity contribution in [1.82, 2.24) is 19.7 Å². The van der Waals surface area contributed by atoms with Crippen molar-refractivity contribution < 1.29 is 13.7 Å². The summed E-state index contributed by atoms with van der Waals surface area (Å²) in [4.78, 5) is 33.8. The van der Waals surface area contributed by atoms with Gasteiger partial charge >= 0.3 is 6.03 Å². The first kappa shape index (κ1) is 21.9. The predicted molar refractivity (Wildman–Crippen MR) is 123 cm³/mol. The van der Waals surface area contributed by atoms with Gasteiger partial charge in [-0.15, -0.1) is 0 Å². The highest BCUT2D eigenvalue weighted by atomic mass is 19.1. The van der Waals surface area contributed by atoms with Crippen LogP contribution in [0.4, 0.5) is 26.7 Å². The van der Waals surface area contributed by atoms with Crippen LogP contribution in [0.3, 0.4) is 0 Å². The predicted octanol–water partition coefficient (Wildman–Crippen LogP) is 3.93. The lowest BCUT2D eigenvalue weighted by Crippen LogP contribution is -2.21. The number of anilines is 3. The van der Waals surface area contributed by atoms with E-state index < -0.39 is 11.8 Å². The number of nitrogens with one attached hydrogen (secondary N) is 3. The molecule has 0 radical (unpaired) electrons. The molecule has 0 bridgehead atoms. The zero-order valence-corrected chi connectivity index (χ0v) is 18.4. The minimum atomic E-state index is -0.711. The number of pyridine rings is 1. The van der Waals surface area contributed by atoms with Crippen molar-refractivity contribution in [1.29, 1.82) is 0 Å². The lowest BCUT2D eigenvalue weighted by atomic mass is 10.1. The van der Waals surface area contributed by atoms with E-state index in [9.17, 15) is 14.0 Å². The Labute approximate surface area is 187 Å². The molecule has 3 heterocycles. The molecule has 1 aromatic carbocycles. The second-order valence-electron chi connectivity index (χ2n) is 7.69. The molecule has 4 aromatic rings. The van der Waals surface area contributed by atoms with Gasteiger partial charge in [-0.25, -0.2) is 14.2 Å². The zero-order chi connectivity index (χ0) is 23.7.